The smallest absolute Gasteiger partial charge is 0.322 e. The summed E-state index contributed by atoms with van der Waals surface area (Å²) in [5, 5.41) is 9.01. The van der Waals surface area contributed by atoms with Crippen molar-refractivity contribution in [1.29, 1.82) is 0 Å². The number of urea groups is 2. The Hall–Kier alpha value is -4.21. The second kappa shape index (κ2) is 18.4. The van der Waals surface area contributed by atoms with E-state index in [1.54, 1.807) is 17.3 Å². The number of nitrogens with one attached hydrogen (secondary N) is 3. The van der Waals surface area contributed by atoms with E-state index < -0.39 is 18.0 Å². The van der Waals surface area contributed by atoms with Crippen LogP contribution in [0.15, 0.2) is 69.9 Å². The highest BCUT2D eigenvalue weighted by atomic mass is 79.9. The van der Waals surface area contributed by atoms with Crippen molar-refractivity contribution >= 4 is 67.1 Å². The number of halogens is 2. The van der Waals surface area contributed by atoms with Gasteiger partial charge < -0.3 is 42.1 Å². The number of amides is 6. The monoisotopic (exact) mass is 865 g/mol. The predicted molar refractivity (Wildman–Crippen MR) is 216 cm³/mol. The Labute approximate surface area is 333 Å². The first kappa shape index (κ1) is 39.5. The van der Waals surface area contributed by atoms with Crippen LogP contribution in [0.4, 0.5) is 21.0 Å². The fourth-order valence-corrected chi connectivity index (χ4v) is 8.93. The normalized spacial score (nSPS) is 17.7. The largest absolute Gasteiger partial charge is 0.397 e. The third-order valence-corrected chi connectivity index (χ3v) is 12.1. The Morgan fingerprint density at radius 2 is 1.56 bits per heavy atom. The number of hydrogen-bond donors (Lipinski definition) is 5. The van der Waals surface area contributed by atoms with E-state index in [4.69, 9.17) is 11.5 Å². The molecule has 4 heterocycles. The molecule has 6 rings (SSSR count). The Kier molecular flexibility index (Phi) is 13.5. The minimum Gasteiger partial charge on any atom is -0.397 e. The Morgan fingerprint density at radius 3 is 2.24 bits per heavy atom. The quantitative estimate of drug-likeness (QED) is 0.121. The SMILES string of the molecule is NCCCC[C@H](NC(=O)[C@@H](Cc1cc(Br)c(N)c(Br)c1)NC(=O)N1CCC(N2Cc3ccccc3NC2=O)CC1)C(=O)N1CCC(c2ccncc2)CC1. The molecule has 0 saturated carbocycles. The van der Waals surface area contributed by atoms with Gasteiger partial charge >= 0.3 is 12.1 Å². The number of aromatic nitrogens is 1. The molecular weight excluding hydrogens is 818 g/mol. The van der Waals surface area contributed by atoms with Gasteiger partial charge in [0.15, 0.2) is 0 Å². The minimum atomic E-state index is -0.982. The van der Waals surface area contributed by atoms with Gasteiger partial charge in [-0.15, -0.1) is 0 Å². The number of pyridine rings is 1. The van der Waals surface area contributed by atoms with Gasteiger partial charge in [-0.2, -0.15) is 0 Å². The Bertz CT molecular complexity index is 1780. The van der Waals surface area contributed by atoms with Gasteiger partial charge in [0.1, 0.15) is 12.1 Å². The Morgan fingerprint density at radius 1 is 0.889 bits per heavy atom. The molecule has 2 saturated heterocycles. The van der Waals surface area contributed by atoms with Crippen LogP contribution in [0.3, 0.4) is 0 Å². The van der Waals surface area contributed by atoms with E-state index in [0.717, 1.165) is 36.1 Å². The molecule has 0 radical (unpaired) electrons. The molecule has 7 N–H and O–H groups in total. The highest BCUT2D eigenvalue weighted by Crippen LogP contribution is 2.31. The van der Waals surface area contributed by atoms with Crippen LogP contribution in [0, 0.1) is 0 Å². The number of rotatable bonds is 12. The average Bonchev–Trinajstić information content (AvgIpc) is 3.19. The maximum Gasteiger partial charge on any atom is 0.322 e. The molecule has 1 aromatic heterocycles. The summed E-state index contributed by atoms with van der Waals surface area (Å²) in [7, 11) is 0. The van der Waals surface area contributed by atoms with Gasteiger partial charge in [0.25, 0.3) is 0 Å². The molecule has 0 spiro atoms. The van der Waals surface area contributed by atoms with Crippen LogP contribution in [0.2, 0.25) is 0 Å². The number of hydrogen-bond acceptors (Lipinski definition) is 7. The van der Waals surface area contributed by atoms with Gasteiger partial charge in [0.2, 0.25) is 11.8 Å². The summed E-state index contributed by atoms with van der Waals surface area (Å²) >= 11 is 7.00. The van der Waals surface area contributed by atoms with Crippen molar-refractivity contribution in [3.8, 4) is 0 Å². The molecule has 2 atom stereocenters. The maximum atomic E-state index is 14.2. The number of anilines is 2. The van der Waals surface area contributed by atoms with Crippen molar-refractivity contribution < 1.29 is 19.2 Å². The number of unbranched alkanes of at least 4 members (excludes halogenated alkanes) is 1. The van der Waals surface area contributed by atoms with Gasteiger partial charge in [-0.1, -0.05) is 18.2 Å². The Balaban J connectivity index is 1.13. The molecule has 6 amide bonds. The van der Waals surface area contributed by atoms with E-state index in [0.29, 0.717) is 85.5 Å². The van der Waals surface area contributed by atoms with Crippen LogP contribution in [0.1, 0.15) is 67.6 Å². The highest BCUT2D eigenvalue weighted by Gasteiger charge is 2.35. The third kappa shape index (κ3) is 9.71. The van der Waals surface area contributed by atoms with Crippen molar-refractivity contribution in [2.24, 2.45) is 5.73 Å². The number of fused-ring (bicyclic) bond motifs is 1. The van der Waals surface area contributed by atoms with Crippen LogP contribution in [0.25, 0.3) is 0 Å². The number of likely N-dealkylation sites (tertiary alicyclic amines) is 2. The van der Waals surface area contributed by atoms with Crippen molar-refractivity contribution in [2.45, 2.75) is 82.0 Å². The summed E-state index contributed by atoms with van der Waals surface area (Å²) in [4.78, 5) is 64.5. The summed E-state index contributed by atoms with van der Waals surface area (Å²) in [6.45, 7) is 3.02. The van der Waals surface area contributed by atoms with Gasteiger partial charge in [-0.3, -0.25) is 14.6 Å². The lowest BCUT2D eigenvalue weighted by Crippen LogP contribution is -2.58. The number of piperidine rings is 2. The standard InChI is InChI=1S/C39H49Br2N9O4/c40-30-21-25(22-31(41)35(30)43)23-34(47-38(53)49-19-12-29(13-20-49)50-24-28-5-1-2-6-32(28)46-39(50)54)36(51)45-33(7-3-4-14-42)37(52)48-17-10-27(11-18-48)26-8-15-44-16-9-26/h1-2,5-6,8-9,15-16,21-22,27,29,33-34H,3-4,7,10-14,17-20,23-24,42-43H2,(H,45,51)(H,46,54)(H,47,53)/t33-,34+/m0/s1. The van der Waals surface area contributed by atoms with Crippen LogP contribution < -0.4 is 27.4 Å². The molecule has 2 aromatic carbocycles. The van der Waals surface area contributed by atoms with Gasteiger partial charge in [0.05, 0.1) is 5.69 Å². The number of benzene rings is 2. The number of carbonyl (C=O) groups excluding carboxylic acids is 4. The first-order valence-corrected chi connectivity index (χ1v) is 20.3. The number of nitrogen functional groups attached to an aromatic ring is 1. The van der Waals surface area contributed by atoms with Crippen LogP contribution >= 0.6 is 31.9 Å². The molecule has 13 nitrogen and oxygen atoms in total. The molecule has 0 bridgehead atoms. The van der Waals surface area contributed by atoms with Crippen LogP contribution in [0.5, 0.6) is 0 Å². The number of para-hydroxylation sites is 1. The second-order valence-corrected chi connectivity index (χ2v) is 16.0. The van der Waals surface area contributed by atoms with Crippen molar-refractivity contribution in [1.82, 2.24) is 30.3 Å². The zero-order chi connectivity index (χ0) is 38.2. The van der Waals surface area contributed by atoms with E-state index in [9.17, 15) is 19.2 Å². The summed E-state index contributed by atoms with van der Waals surface area (Å²) in [5.41, 5.74) is 16.3. The molecule has 3 aliphatic heterocycles. The van der Waals surface area contributed by atoms with E-state index in [1.807, 2.05) is 58.3 Å². The van der Waals surface area contributed by atoms with Gasteiger partial charge in [-0.05, 0) is 136 Å². The fraction of sp³-hybridized carbons (Fsp3) is 0.462. The number of nitrogens with zero attached hydrogens (tertiary/aromatic N) is 4. The maximum absolute atomic E-state index is 14.2. The molecule has 288 valence electrons. The molecule has 2 fully saturated rings. The molecule has 15 heteroatoms. The molecule has 0 unspecified atom stereocenters. The summed E-state index contributed by atoms with van der Waals surface area (Å²) < 4.78 is 1.32. The first-order chi connectivity index (χ1) is 26.1. The van der Waals surface area contributed by atoms with Gasteiger partial charge in [-0.25, -0.2) is 9.59 Å². The number of nitrogens with two attached hydrogens (primary N) is 2. The zero-order valence-corrected chi connectivity index (χ0v) is 33.5. The van der Waals surface area contributed by atoms with E-state index >= 15 is 0 Å². The summed E-state index contributed by atoms with van der Waals surface area (Å²) in [5.74, 6) is -0.217. The van der Waals surface area contributed by atoms with Crippen molar-refractivity contribution in [3.63, 3.8) is 0 Å². The van der Waals surface area contributed by atoms with E-state index in [2.05, 4.69) is 52.8 Å². The minimum absolute atomic E-state index is 0.0268. The molecule has 0 aliphatic carbocycles. The van der Waals surface area contributed by atoms with E-state index in [1.165, 1.54) is 5.56 Å². The summed E-state index contributed by atoms with van der Waals surface area (Å²) in [6, 6.07) is 13.2. The lowest BCUT2D eigenvalue weighted by molar-refractivity contribution is -0.138. The highest BCUT2D eigenvalue weighted by molar-refractivity contribution is 9.11. The van der Waals surface area contributed by atoms with Crippen molar-refractivity contribution in [3.05, 3.63) is 86.6 Å². The number of carbonyl (C=O) groups is 4. The first-order valence-electron chi connectivity index (χ1n) is 18.7. The van der Waals surface area contributed by atoms with E-state index in [-0.39, 0.29) is 30.4 Å². The second-order valence-electron chi connectivity index (χ2n) is 14.3. The molecular formula is C39H49Br2N9O4. The predicted octanol–water partition coefficient (Wildman–Crippen LogP) is 5.34. The topological polar surface area (TPSA) is 179 Å². The summed E-state index contributed by atoms with van der Waals surface area (Å²) in [6.07, 6.45) is 8.45. The molecule has 54 heavy (non-hydrogen) atoms. The molecule has 3 aromatic rings. The zero-order valence-electron chi connectivity index (χ0n) is 30.3. The third-order valence-electron chi connectivity index (χ3n) is 10.8. The average molecular weight is 868 g/mol. The molecule has 3 aliphatic rings. The van der Waals surface area contributed by atoms with Gasteiger partial charge in [0, 0.05) is 72.2 Å². The lowest BCUT2D eigenvalue weighted by atomic mass is 9.89. The van der Waals surface area contributed by atoms with Crippen molar-refractivity contribution in [2.75, 3.05) is 43.8 Å². The van der Waals surface area contributed by atoms with Crippen LogP contribution in [-0.4, -0.2) is 94.4 Å². The van der Waals surface area contributed by atoms with Crippen LogP contribution in [-0.2, 0) is 22.6 Å². The fourth-order valence-electron chi connectivity index (χ4n) is 7.65. The lowest BCUT2D eigenvalue weighted by Gasteiger charge is -2.40.